The average Bonchev–Trinajstić information content (AvgIpc) is 2.97. The zero-order chi connectivity index (χ0) is 33.3. The molecular formula is C31H42N6O8. The first kappa shape index (κ1) is 34.7. The summed E-state index contributed by atoms with van der Waals surface area (Å²) in [7, 11) is 0. The number of aromatic amines is 1. The highest BCUT2D eigenvalue weighted by molar-refractivity contribution is 5.98. The van der Waals surface area contributed by atoms with Crippen molar-refractivity contribution in [3.05, 3.63) is 45.7 Å². The second-order valence-corrected chi connectivity index (χ2v) is 11.7. The minimum Gasteiger partial charge on any atom is -0.466 e. The second kappa shape index (κ2) is 15.3. The van der Waals surface area contributed by atoms with E-state index < -0.39 is 29.3 Å². The topological polar surface area (TPSA) is 189 Å². The zero-order valence-corrected chi connectivity index (χ0v) is 26.6. The molecule has 1 aromatic heterocycles. The average molecular weight is 627 g/mol. The van der Waals surface area contributed by atoms with E-state index in [1.54, 1.807) is 51.7 Å². The zero-order valence-electron chi connectivity index (χ0n) is 26.6. The molecule has 1 unspecified atom stereocenters. The van der Waals surface area contributed by atoms with Crippen LogP contribution in [-0.4, -0.2) is 72.0 Å². The van der Waals surface area contributed by atoms with Crippen LogP contribution in [0.25, 0.3) is 0 Å². The summed E-state index contributed by atoms with van der Waals surface area (Å²) in [5.74, 6) is -1.89. The van der Waals surface area contributed by atoms with Crippen LogP contribution < -0.4 is 26.4 Å². The van der Waals surface area contributed by atoms with Crippen LogP contribution in [0.3, 0.4) is 0 Å². The molecule has 0 saturated carbocycles. The molecule has 0 fully saturated rings. The molecule has 14 nitrogen and oxygen atoms in total. The lowest BCUT2D eigenvalue weighted by Gasteiger charge is -2.30. The van der Waals surface area contributed by atoms with Gasteiger partial charge in [0, 0.05) is 43.1 Å². The van der Waals surface area contributed by atoms with Gasteiger partial charge in [-0.05, 0) is 56.9 Å². The first-order valence-electron chi connectivity index (χ1n) is 14.9. The summed E-state index contributed by atoms with van der Waals surface area (Å²) in [4.78, 5) is 83.5. The Morgan fingerprint density at radius 3 is 2.33 bits per heavy atom. The first-order chi connectivity index (χ1) is 21.2. The minimum atomic E-state index is -1.04. The Kier molecular flexibility index (Phi) is 11.8. The van der Waals surface area contributed by atoms with E-state index in [1.807, 2.05) is 0 Å². The van der Waals surface area contributed by atoms with Gasteiger partial charge in [0.15, 0.2) is 0 Å². The summed E-state index contributed by atoms with van der Waals surface area (Å²) < 4.78 is 9.95. The van der Waals surface area contributed by atoms with Gasteiger partial charge in [0.2, 0.25) is 17.8 Å². The van der Waals surface area contributed by atoms with E-state index in [1.165, 1.54) is 19.1 Å². The van der Waals surface area contributed by atoms with Crippen LogP contribution in [0.1, 0.15) is 70.3 Å². The molecule has 3 rings (SSSR count). The molecule has 0 saturated heterocycles. The van der Waals surface area contributed by atoms with Crippen LogP contribution in [-0.2, 0) is 35.1 Å². The lowest BCUT2D eigenvalue weighted by molar-refractivity contribution is -0.147. The van der Waals surface area contributed by atoms with Gasteiger partial charge in [-0.3, -0.25) is 34.3 Å². The van der Waals surface area contributed by atoms with Crippen molar-refractivity contribution >= 4 is 47.1 Å². The van der Waals surface area contributed by atoms with E-state index in [2.05, 4.69) is 25.9 Å². The van der Waals surface area contributed by atoms with E-state index in [-0.39, 0.29) is 67.4 Å². The van der Waals surface area contributed by atoms with Gasteiger partial charge in [-0.2, -0.15) is 4.98 Å². The maximum absolute atomic E-state index is 13.0. The Morgan fingerprint density at radius 1 is 1.07 bits per heavy atom. The molecule has 1 aliphatic rings. The molecular weight excluding hydrogens is 584 g/mol. The highest BCUT2D eigenvalue weighted by Crippen LogP contribution is 2.25. The molecule has 0 spiro atoms. The van der Waals surface area contributed by atoms with Gasteiger partial charge < -0.3 is 25.0 Å². The molecule has 244 valence electrons. The standard InChI is InChI=1S/C31H42N6O8/c1-7-44-24(39)14-13-23(28(42)45-8-2)33-26(40)20-9-11-21(12-10-20)37(18(3)38)17-19-15-22-25(32-16-19)34-30(35-27(22)41)36-29(43)31(4,5)6/h9-12,19,23H,7-8,13-17H2,1-6H3,(H,33,40)(H3,32,34,35,36,41,43)/t19?,23-/m0/s1. The van der Waals surface area contributed by atoms with Crippen molar-refractivity contribution in [3.8, 4) is 0 Å². The van der Waals surface area contributed by atoms with Crippen molar-refractivity contribution in [1.82, 2.24) is 15.3 Å². The maximum Gasteiger partial charge on any atom is 0.328 e. The number of amides is 3. The Bertz CT molecular complexity index is 1460. The molecule has 45 heavy (non-hydrogen) atoms. The van der Waals surface area contributed by atoms with Crippen molar-refractivity contribution in [2.24, 2.45) is 11.3 Å². The normalized spacial score (nSPS) is 14.7. The Morgan fingerprint density at radius 2 is 1.73 bits per heavy atom. The quantitative estimate of drug-likeness (QED) is 0.255. The summed E-state index contributed by atoms with van der Waals surface area (Å²) >= 11 is 0. The number of anilines is 3. The molecule has 1 aliphatic heterocycles. The van der Waals surface area contributed by atoms with Crippen molar-refractivity contribution in [3.63, 3.8) is 0 Å². The number of esters is 2. The Balaban J connectivity index is 1.68. The van der Waals surface area contributed by atoms with Gasteiger partial charge in [0.05, 0.1) is 18.8 Å². The third-order valence-corrected chi connectivity index (χ3v) is 7.06. The minimum absolute atomic E-state index is 0.0172. The molecule has 1 aromatic carbocycles. The summed E-state index contributed by atoms with van der Waals surface area (Å²) in [5.41, 5.74) is 0.167. The van der Waals surface area contributed by atoms with Gasteiger partial charge >= 0.3 is 11.9 Å². The molecule has 2 heterocycles. The third-order valence-electron chi connectivity index (χ3n) is 7.06. The molecule has 2 aromatic rings. The number of ether oxygens (including phenoxy) is 2. The number of carbonyl (C=O) groups excluding carboxylic acids is 5. The van der Waals surface area contributed by atoms with Crippen molar-refractivity contribution in [2.45, 2.75) is 66.8 Å². The lowest BCUT2D eigenvalue weighted by Crippen LogP contribution is -2.42. The summed E-state index contributed by atoms with van der Waals surface area (Å²) in [6, 6.07) is 5.27. The van der Waals surface area contributed by atoms with Crippen LogP contribution >= 0.6 is 0 Å². The number of rotatable bonds is 12. The predicted octanol–water partition coefficient (Wildman–Crippen LogP) is 2.40. The number of H-pyrrole nitrogens is 1. The molecule has 0 bridgehead atoms. The van der Waals surface area contributed by atoms with Gasteiger partial charge in [-0.1, -0.05) is 20.8 Å². The SMILES string of the molecule is CCOC(=O)CC[C@H](NC(=O)c1ccc(N(CC2CNc3nc(NC(=O)C(C)(C)C)[nH]c(=O)c3C2)C(C)=O)cc1)C(=O)OCC. The van der Waals surface area contributed by atoms with Crippen molar-refractivity contribution in [2.75, 3.05) is 41.8 Å². The molecule has 3 amide bonds. The van der Waals surface area contributed by atoms with E-state index in [4.69, 9.17) is 9.47 Å². The van der Waals surface area contributed by atoms with E-state index >= 15 is 0 Å². The van der Waals surface area contributed by atoms with Crippen LogP contribution in [0.2, 0.25) is 0 Å². The van der Waals surface area contributed by atoms with Crippen LogP contribution in [0, 0.1) is 11.3 Å². The molecule has 14 heteroatoms. The lowest BCUT2D eigenvalue weighted by atomic mass is 9.95. The Labute approximate surface area is 261 Å². The highest BCUT2D eigenvalue weighted by Gasteiger charge is 2.28. The molecule has 2 atom stereocenters. The van der Waals surface area contributed by atoms with Crippen LogP contribution in [0.15, 0.2) is 29.1 Å². The number of nitrogens with zero attached hydrogens (tertiary/aromatic N) is 2. The monoisotopic (exact) mass is 626 g/mol. The van der Waals surface area contributed by atoms with Gasteiger partial charge in [-0.25, -0.2) is 4.79 Å². The number of hydrogen-bond acceptors (Lipinski definition) is 10. The van der Waals surface area contributed by atoms with Crippen molar-refractivity contribution < 1.29 is 33.4 Å². The van der Waals surface area contributed by atoms with Gasteiger partial charge in [-0.15, -0.1) is 0 Å². The smallest absolute Gasteiger partial charge is 0.328 e. The van der Waals surface area contributed by atoms with E-state index in [9.17, 15) is 28.8 Å². The number of fused-ring (bicyclic) bond motifs is 1. The largest absolute Gasteiger partial charge is 0.466 e. The second-order valence-electron chi connectivity index (χ2n) is 11.7. The Hall–Kier alpha value is -4.75. The summed E-state index contributed by atoms with van der Waals surface area (Å²) in [6.07, 6.45) is 0.300. The van der Waals surface area contributed by atoms with Crippen LogP contribution in [0.4, 0.5) is 17.5 Å². The number of nitrogens with one attached hydrogen (secondary N) is 4. The van der Waals surface area contributed by atoms with E-state index in [0.717, 1.165) is 0 Å². The fourth-order valence-corrected chi connectivity index (χ4v) is 4.61. The third kappa shape index (κ3) is 9.62. The number of carbonyl (C=O) groups is 5. The summed E-state index contributed by atoms with van der Waals surface area (Å²) in [6.45, 7) is 11.0. The molecule has 0 radical (unpaired) electrons. The molecule has 4 N–H and O–H groups in total. The number of hydrogen-bond donors (Lipinski definition) is 4. The van der Waals surface area contributed by atoms with Crippen molar-refractivity contribution in [1.29, 1.82) is 0 Å². The van der Waals surface area contributed by atoms with Gasteiger partial charge in [0.25, 0.3) is 11.5 Å². The fourth-order valence-electron chi connectivity index (χ4n) is 4.61. The van der Waals surface area contributed by atoms with Crippen LogP contribution in [0.5, 0.6) is 0 Å². The van der Waals surface area contributed by atoms with Gasteiger partial charge in [0.1, 0.15) is 11.9 Å². The number of benzene rings is 1. The fraction of sp³-hybridized carbons (Fsp3) is 0.516. The van der Waals surface area contributed by atoms with E-state index in [0.29, 0.717) is 30.0 Å². The highest BCUT2D eigenvalue weighted by atomic mass is 16.5. The number of aromatic nitrogens is 2. The summed E-state index contributed by atoms with van der Waals surface area (Å²) in [5, 5.41) is 8.40. The predicted molar refractivity (Wildman–Crippen MR) is 167 cm³/mol. The molecule has 0 aliphatic carbocycles. The first-order valence-corrected chi connectivity index (χ1v) is 14.9. The maximum atomic E-state index is 13.0.